The standard InChI is InChI=1S/C23H26N2O2/c1-15(2)22(26)24-19-12-13-21-20(14-19)25-23(27-21)18-10-8-17(9-11-18)16-6-4-3-5-7-16/h8-16H,3-7H2,1-2H3,(H,24,26). The number of carbonyl (C=O) groups is 1. The van der Waals surface area contributed by atoms with Crippen LogP contribution in [0.25, 0.3) is 22.6 Å². The summed E-state index contributed by atoms with van der Waals surface area (Å²) in [6.07, 6.45) is 6.65. The first kappa shape index (κ1) is 17.8. The van der Waals surface area contributed by atoms with Crippen LogP contribution in [-0.2, 0) is 4.79 Å². The summed E-state index contributed by atoms with van der Waals surface area (Å²) >= 11 is 0. The van der Waals surface area contributed by atoms with Crippen LogP contribution >= 0.6 is 0 Å². The van der Waals surface area contributed by atoms with Gasteiger partial charge in [0.1, 0.15) is 5.52 Å². The number of nitrogens with one attached hydrogen (secondary N) is 1. The van der Waals surface area contributed by atoms with Crippen LogP contribution in [0.3, 0.4) is 0 Å². The summed E-state index contributed by atoms with van der Waals surface area (Å²) in [6, 6.07) is 14.2. The maximum absolute atomic E-state index is 11.9. The maximum Gasteiger partial charge on any atom is 0.227 e. The van der Waals surface area contributed by atoms with E-state index in [9.17, 15) is 4.79 Å². The quantitative estimate of drug-likeness (QED) is 0.607. The molecule has 1 N–H and O–H groups in total. The highest BCUT2D eigenvalue weighted by Gasteiger charge is 2.16. The Bertz CT molecular complexity index is 935. The summed E-state index contributed by atoms with van der Waals surface area (Å²) in [5, 5.41) is 2.91. The lowest BCUT2D eigenvalue weighted by atomic mass is 9.84. The topological polar surface area (TPSA) is 55.1 Å². The summed E-state index contributed by atoms with van der Waals surface area (Å²) in [4.78, 5) is 16.5. The van der Waals surface area contributed by atoms with Crippen LogP contribution in [0.15, 0.2) is 46.9 Å². The van der Waals surface area contributed by atoms with Gasteiger partial charge in [-0.2, -0.15) is 0 Å². The van der Waals surface area contributed by atoms with Gasteiger partial charge in [-0.15, -0.1) is 0 Å². The number of nitrogens with zero attached hydrogens (tertiary/aromatic N) is 1. The monoisotopic (exact) mass is 362 g/mol. The van der Waals surface area contributed by atoms with Crippen molar-refractivity contribution in [3.8, 4) is 11.5 Å². The Morgan fingerprint density at radius 3 is 2.52 bits per heavy atom. The SMILES string of the molecule is CC(C)C(=O)Nc1ccc2oc(-c3ccc(C4CCCCC4)cc3)nc2c1. The second kappa shape index (κ2) is 7.55. The van der Waals surface area contributed by atoms with Crippen molar-refractivity contribution >= 4 is 22.7 Å². The highest BCUT2D eigenvalue weighted by atomic mass is 16.3. The molecule has 1 aliphatic carbocycles. The smallest absolute Gasteiger partial charge is 0.227 e. The maximum atomic E-state index is 11.9. The number of hydrogen-bond acceptors (Lipinski definition) is 3. The van der Waals surface area contributed by atoms with E-state index in [4.69, 9.17) is 4.42 Å². The van der Waals surface area contributed by atoms with Crippen molar-refractivity contribution in [3.05, 3.63) is 48.0 Å². The van der Waals surface area contributed by atoms with Gasteiger partial charge in [0.2, 0.25) is 11.8 Å². The van der Waals surface area contributed by atoms with Gasteiger partial charge < -0.3 is 9.73 Å². The molecule has 3 aromatic rings. The van der Waals surface area contributed by atoms with Gasteiger partial charge in [-0.3, -0.25) is 4.79 Å². The molecule has 0 radical (unpaired) electrons. The van der Waals surface area contributed by atoms with Crippen molar-refractivity contribution in [2.45, 2.75) is 51.9 Å². The van der Waals surface area contributed by atoms with Crippen LogP contribution in [0.2, 0.25) is 0 Å². The van der Waals surface area contributed by atoms with E-state index in [1.807, 2.05) is 32.0 Å². The Labute approximate surface area is 160 Å². The average Bonchev–Trinajstić information content (AvgIpc) is 3.12. The van der Waals surface area contributed by atoms with Crippen molar-refractivity contribution in [1.82, 2.24) is 4.98 Å². The summed E-state index contributed by atoms with van der Waals surface area (Å²) in [6.45, 7) is 3.75. The number of rotatable bonds is 4. The second-order valence-electron chi connectivity index (χ2n) is 7.80. The third kappa shape index (κ3) is 3.90. The van der Waals surface area contributed by atoms with Gasteiger partial charge in [0, 0.05) is 17.2 Å². The van der Waals surface area contributed by atoms with E-state index in [1.54, 1.807) is 0 Å². The molecule has 4 heteroatoms. The minimum atomic E-state index is -0.0590. The van der Waals surface area contributed by atoms with Gasteiger partial charge in [0.25, 0.3) is 0 Å². The number of amides is 1. The number of benzene rings is 2. The van der Waals surface area contributed by atoms with Crippen LogP contribution in [-0.4, -0.2) is 10.9 Å². The van der Waals surface area contributed by atoms with Gasteiger partial charge in [0.15, 0.2) is 5.58 Å². The summed E-state index contributed by atoms with van der Waals surface area (Å²) in [5.74, 6) is 1.25. The van der Waals surface area contributed by atoms with Gasteiger partial charge in [0.05, 0.1) is 0 Å². The number of anilines is 1. The van der Waals surface area contributed by atoms with Crippen molar-refractivity contribution in [3.63, 3.8) is 0 Å². The molecule has 0 aliphatic heterocycles. The predicted octanol–water partition coefficient (Wildman–Crippen LogP) is 6.14. The number of oxazole rings is 1. The van der Waals surface area contributed by atoms with E-state index in [0.29, 0.717) is 11.8 Å². The first-order chi connectivity index (χ1) is 13.1. The molecule has 0 atom stereocenters. The predicted molar refractivity (Wildman–Crippen MR) is 109 cm³/mol. The number of hydrogen-bond donors (Lipinski definition) is 1. The van der Waals surface area contributed by atoms with Gasteiger partial charge in [-0.1, -0.05) is 45.2 Å². The molecule has 0 spiro atoms. The molecule has 0 saturated heterocycles. The van der Waals surface area contributed by atoms with E-state index in [-0.39, 0.29) is 11.8 Å². The molecular weight excluding hydrogens is 336 g/mol. The molecule has 1 aromatic heterocycles. The fraction of sp³-hybridized carbons (Fsp3) is 0.391. The van der Waals surface area contributed by atoms with Crippen LogP contribution in [0.4, 0.5) is 5.69 Å². The van der Waals surface area contributed by atoms with Crippen LogP contribution in [0, 0.1) is 5.92 Å². The third-order valence-electron chi connectivity index (χ3n) is 5.41. The van der Waals surface area contributed by atoms with E-state index >= 15 is 0 Å². The van der Waals surface area contributed by atoms with E-state index in [0.717, 1.165) is 22.4 Å². The Morgan fingerprint density at radius 1 is 1.07 bits per heavy atom. The molecular formula is C23H26N2O2. The fourth-order valence-corrected chi connectivity index (χ4v) is 3.75. The lowest BCUT2D eigenvalue weighted by Gasteiger charge is -2.21. The number of fused-ring (bicyclic) bond motifs is 1. The van der Waals surface area contributed by atoms with Crippen molar-refractivity contribution in [1.29, 1.82) is 0 Å². The summed E-state index contributed by atoms with van der Waals surface area (Å²) in [7, 11) is 0. The molecule has 0 unspecified atom stereocenters. The van der Waals surface area contributed by atoms with Crippen molar-refractivity contribution < 1.29 is 9.21 Å². The van der Waals surface area contributed by atoms with Crippen LogP contribution in [0.5, 0.6) is 0 Å². The van der Waals surface area contributed by atoms with Gasteiger partial charge in [-0.05, 0) is 54.7 Å². The molecule has 1 aliphatic rings. The zero-order chi connectivity index (χ0) is 18.8. The third-order valence-corrected chi connectivity index (χ3v) is 5.41. The Hall–Kier alpha value is -2.62. The van der Waals surface area contributed by atoms with Crippen molar-refractivity contribution in [2.75, 3.05) is 5.32 Å². The van der Waals surface area contributed by atoms with Gasteiger partial charge in [-0.25, -0.2) is 4.98 Å². The minimum Gasteiger partial charge on any atom is -0.436 e. The van der Waals surface area contributed by atoms with Crippen LogP contribution in [0.1, 0.15) is 57.4 Å². The molecule has 1 heterocycles. The molecule has 4 nitrogen and oxygen atoms in total. The normalized spacial score (nSPS) is 15.4. The molecule has 140 valence electrons. The van der Waals surface area contributed by atoms with Gasteiger partial charge >= 0.3 is 0 Å². The van der Waals surface area contributed by atoms with E-state index in [2.05, 4.69) is 34.6 Å². The summed E-state index contributed by atoms with van der Waals surface area (Å²) in [5.41, 5.74) is 4.63. The zero-order valence-electron chi connectivity index (χ0n) is 16.0. The summed E-state index contributed by atoms with van der Waals surface area (Å²) < 4.78 is 5.92. The molecule has 27 heavy (non-hydrogen) atoms. The lowest BCUT2D eigenvalue weighted by Crippen LogP contribution is -2.17. The lowest BCUT2D eigenvalue weighted by molar-refractivity contribution is -0.118. The minimum absolute atomic E-state index is 0.00336. The molecule has 0 bridgehead atoms. The number of carbonyl (C=O) groups excluding carboxylic acids is 1. The molecule has 4 rings (SSSR count). The molecule has 2 aromatic carbocycles. The first-order valence-electron chi connectivity index (χ1n) is 9.92. The van der Waals surface area contributed by atoms with E-state index < -0.39 is 0 Å². The highest BCUT2D eigenvalue weighted by molar-refractivity contribution is 5.94. The Morgan fingerprint density at radius 2 is 1.81 bits per heavy atom. The number of aromatic nitrogens is 1. The van der Waals surface area contributed by atoms with Crippen LogP contribution < -0.4 is 5.32 Å². The highest BCUT2D eigenvalue weighted by Crippen LogP contribution is 2.34. The zero-order valence-corrected chi connectivity index (χ0v) is 16.0. The largest absolute Gasteiger partial charge is 0.436 e. The van der Waals surface area contributed by atoms with Crippen molar-refractivity contribution in [2.24, 2.45) is 5.92 Å². The molecule has 1 saturated carbocycles. The second-order valence-corrected chi connectivity index (χ2v) is 7.80. The first-order valence-corrected chi connectivity index (χ1v) is 9.92. The average molecular weight is 362 g/mol. The Balaban J connectivity index is 1.55. The van der Waals surface area contributed by atoms with E-state index in [1.165, 1.54) is 37.7 Å². The Kier molecular flexibility index (Phi) is 4.97. The fourth-order valence-electron chi connectivity index (χ4n) is 3.75. The molecule has 1 fully saturated rings. The molecule has 1 amide bonds.